The minimum absolute atomic E-state index is 0.0578. The van der Waals surface area contributed by atoms with Gasteiger partial charge in [-0.1, -0.05) is 33.8 Å². The molecule has 1 heterocycles. The zero-order valence-electron chi connectivity index (χ0n) is 25.8. The minimum atomic E-state index is -0.699. The van der Waals surface area contributed by atoms with Gasteiger partial charge in [-0.3, -0.25) is 24.5 Å². The van der Waals surface area contributed by atoms with Crippen LogP contribution in [-0.2, 0) is 34.4 Å². The molecule has 0 radical (unpaired) electrons. The molecule has 0 aromatic carbocycles. The SMILES string of the molecule is C=C[C@]1(C)C[C@@H](OC(=O)CSCc2csc(NC(=O)CNCC(=O)OC)n2)[C@]2(C)[C@H](C)CC[C@]3(CCC(=O)[C@H]32)[C@@H](C)[C@@H]1O. The molecular formula is C31H45N3O7S2. The van der Waals surface area contributed by atoms with Crippen LogP contribution >= 0.6 is 23.1 Å². The zero-order chi connectivity index (χ0) is 31.6. The lowest BCUT2D eigenvalue weighted by atomic mass is 9.44. The van der Waals surface area contributed by atoms with E-state index in [0.717, 1.165) is 25.0 Å². The van der Waals surface area contributed by atoms with Gasteiger partial charge in [0.05, 0.1) is 37.8 Å². The van der Waals surface area contributed by atoms with Gasteiger partial charge in [-0.2, -0.15) is 0 Å². The number of aliphatic hydroxyl groups is 1. The summed E-state index contributed by atoms with van der Waals surface area (Å²) in [6.07, 6.45) is 4.05. The molecule has 238 valence electrons. The molecule has 3 N–H and O–H groups in total. The zero-order valence-corrected chi connectivity index (χ0v) is 27.4. The van der Waals surface area contributed by atoms with E-state index in [-0.39, 0.29) is 59.7 Å². The number of hydrogen-bond acceptors (Lipinski definition) is 11. The summed E-state index contributed by atoms with van der Waals surface area (Å²) in [7, 11) is 1.28. The standard InChI is InChI=1S/C31H45N3O7S2/c1-7-29(4)12-22(30(5)18(2)8-10-31(19(3)27(29)39)11-9-21(35)26(30)31)41-25(38)17-42-15-20-16-43-28(33-20)34-23(36)13-32-14-24(37)40-6/h7,16,18-19,22,26-27,32,39H,1,8-15,17H2,2-6H3,(H,33,34,36)/t18-,19+,22-,26+,27+,29-,30+,31+/m1/s1. The van der Waals surface area contributed by atoms with Crippen molar-refractivity contribution in [2.45, 2.75) is 77.8 Å². The maximum absolute atomic E-state index is 13.5. The largest absolute Gasteiger partial charge is 0.468 e. The fourth-order valence-electron chi connectivity index (χ4n) is 7.88. The van der Waals surface area contributed by atoms with Crippen molar-refractivity contribution in [3.8, 4) is 0 Å². The van der Waals surface area contributed by atoms with Gasteiger partial charge in [0.2, 0.25) is 5.91 Å². The molecule has 0 unspecified atom stereocenters. The van der Waals surface area contributed by atoms with E-state index in [2.05, 4.69) is 47.7 Å². The normalized spacial score (nSPS) is 35.3. The monoisotopic (exact) mass is 635 g/mol. The van der Waals surface area contributed by atoms with Crippen molar-refractivity contribution in [3.05, 3.63) is 23.7 Å². The summed E-state index contributed by atoms with van der Waals surface area (Å²) in [4.78, 5) is 54.5. The maximum Gasteiger partial charge on any atom is 0.319 e. The van der Waals surface area contributed by atoms with Crippen LogP contribution in [0.15, 0.2) is 18.0 Å². The number of aliphatic hydroxyl groups excluding tert-OH is 1. The molecule has 0 spiro atoms. The van der Waals surface area contributed by atoms with Crippen molar-refractivity contribution in [1.29, 1.82) is 0 Å². The second-order valence-electron chi connectivity index (χ2n) is 12.9. The van der Waals surface area contributed by atoms with Gasteiger partial charge in [0.15, 0.2) is 5.13 Å². The fraction of sp³-hybridized carbons (Fsp3) is 0.710. The van der Waals surface area contributed by atoms with Crippen molar-refractivity contribution < 1.29 is 33.8 Å². The molecule has 3 aliphatic rings. The first kappa shape index (κ1) is 33.6. The Balaban J connectivity index is 1.40. The number of amides is 1. The van der Waals surface area contributed by atoms with E-state index in [9.17, 15) is 24.3 Å². The van der Waals surface area contributed by atoms with Crippen LogP contribution in [0.5, 0.6) is 0 Å². The highest BCUT2D eigenvalue weighted by molar-refractivity contribution is 7.99. The van der Waals surface area contributed by atoms with Gasteiger partial charge < -0.3 is 19.9 Å². The van der Waals surface area contributed by atoms with E-state index in [1.165, 1.54) is 30.2 Å². The van der Waals surface area contributed by atoms with E-state index >= 15 is 0 Å². The Morgan fingerprint density at radius 1 is 1.23 bits per heavy atom. The van der Waals surface area contributed by atoms with Crippen LogP contribution in [0.3, 0.4) is 0 Å². The van der Waals surface area contributed by atoms with Crippen LogP contribution in [-0.4, -0.2) is 71.9 Å². The van der Waals surface area contributed by atoms with Crippen LogP contribution in [0.25, 0.3) is 0 Å². The Bertz CT molecular complexity index is 1240. The van der Waals surface area contributed by atoms with Gasteiger partial charge in [0.1, 0.15) is 11.9 Å². The number of methoxy groups -OCH3 is 1. The third-order valence-corrected chi connectivity index (χ3v) is 12.4. The van der Waals surface area contributed by atoms with Crippen LogP contribution in [0.1, 0.15) is 65.5 Å². The van der Waals surface area contributed by atoms with Crippen molar-refractivity contribution >= 4 is 51.9 Å². The molecule has 43 heavy (non-hydrogen) atoms. The predicted octanol–water partition coefficient (Wildman–Crippen LogP) is 3.98. The molecule has 8 atom stereocenters. The van der Waals surface area contributed by atoms with Gasteiger partial charge in [-0.05, 0) is 42.9 Å². The number of carbonyl (C=O) groups excluding carboxylic acids is 4. The number of hydrogen-bond donors (Lipinski definition) is 3. The molecule has 1 aromatic rings. The number of anilines is 1. The third-order valence-electron chi connectivity index (χ3n) is 10.6. The number of Topliss-reactive ketones (excluding diaryl/α,β-unsaturated/α-hetero) is 1. The number of ether oxygens (including phenoxy) is 2. The van der Waals surface area contributed by atoms with Gasteiger partial charge in [0, 0.05) is 34.3 Å². The summed E-state index contributed by atoms with van der Waals surface area (Å²) in [6.45, 7) is 12.3. The van der Waals surface area contributed by atoms with E-state index in [1.807, 2.05) is 12.3 Å². The lowest BCUT2D eigenvalue weighted by Crippen LogP contribution is -2.63. The number of esters is 2. The number of thioether (sulfide) groups is 1. The average Bonchev–Trinajstić information content (AvgIpc) is 3.57. The highest BCUT2D eigenvalue weighted by Gasteiger charge is 2.68. The molecular weight excluding hydrogens is 590 g/mol. The van der Waals surface area contributed by atoms with E-state index < -0.39 is 29.0 Å². The van der Waals surface area contributed by atoms with Gasteiger partial charge in [0.25, 0.3) is 0 Å². The first-order valence-electron chi connectivity index (χ1n) is 14.9. The molecule has 2 bridgehead atoms. The molecule has 0 aliphatic heterocycles. The predicted molar refractivity (Wildman–Crippen MR) is 166 cm³/mol. The molecule has 3 saturated carbocycles. The van der Waals surface area contributed by atoms with Gasteiger partial charge in [-0.15, -0.1) is 29.7 Å². The molecule has 0 saturated heterocycles. The number of aromatic nitrogens is 1. The summed E-state index contributed by atoms with van der Waals surface area (Å²) in [6, 6.07) is 0. The van der Waals surface area contributed by atoms with E-state index in [0.29, 0.717) is 23.7 Å². The summed E-state index contributed by atoms with van der Waals surface area (Å²) >= 11 is 2.65. The molecule has 4 rings (SSSR count). The third kappa shape index (κ3) is 6.57. The molecule has 3 aliphatic carbocycles. The number of rotatable bonds is 11. The Hall–Kier alpha value is -2.28. The first-order valence-corrected chi connectivity index (χ1v) is 17.0. The fourth-order valence-corrected chi connectivity index (χ4v) is 9.40. The first-order chi connectivity index (χ1) is 20.3. The summed E-state index contributed by atoms with van der Waals surface area (Å²) in [5, 5.41) is 19.3. The summed E-state index contributed by atoms with van der Waals surface area (Å²) in [5.74, 6) is -0.524. The molecule has 1 aromatic heterocycles. The second-order valence-corrected chi connectivity index (χ2v) is 14.8. The molecule has 3 fully saturated rings. The molecule has 1 amide bonds. The Labute approximate surface area is 262 Å². The number of nitrogens with zero attached hydrogens (tertiary/aromatic N) is 1. The smallest absolute Gasteiger partial charge is 0.319 e. The van der Waals surface area contributed by atoms with Crippen LogP contribution in [0.2, 0.25) is 0 Å². The lowest BCUT2D eigenvalue weighted by Gasteiger charge is -2.61. The van der Waals surface area contributed by atoms with Crippen LogP contribution in [0.4, 0.5) is 5.13 Å². The van der Waals surface area contributed by atoms with Crippen LogP contribution in [0, 0.1) is 34.0 Å². The summed E-state index contributed by atoms with van der Waals surface area (Å²) < 4.78 is 10.8. The van der Waals surface area contributed by atoms with Gasteiger partial charge in [-0.25, -0.2) is 4.98 Å². The average molecular weight is 636 g/mol. The highest BCUT2D eigenvalue weighted by atomic mass is 32.2. The van der Waals surface area contributed by atoms with Crippen molar-refractivity contribution in [3.63, 3.8) is 0 Å². The maximum atomic E-state index is 13.5. The molecule has 12 heteroatoms. The highest BCUT2D eigenvalue weighted by Crippen LogP contribution is 2.68. The number of thiazole rings is 1. The number of nitrogens with one attached hydrogen (secondary N) is 2. The Morgan fingerprint density at radius 2 is 1.98 bits per heavy atom. The van der Waals surface area contributed by atoms with Gasteiger partial charge >= 0.3 is 11.9 Å². The minimum Gasteiger partial charge on any atom is -0.468 e. The van der Waals surface area contributed by atoms with Crippen LogP contribution < -0.4 is 10.6 Å². The second kappa shape index (κ2) is 13.4. The van der Waals surface area contributed by atoms with Crippen molar-refractivity contribution in [2.75, 3.05) is 31.3 Å². The Morgan fingerprint density at radius 3 is 2.67 bits per heavy atom. The summed E-state index contributed by atoms with van der Waals surface area (Å²) in [5.41, 5.74) is -0.803. The molecule has 10 nitrogen and oxygen atoms in total. The number of carbonyl (C=O) groups is 4. The van der Waals surface area contributed by atoms with E-state index in [1.54, 1.807) is 6.08 Å². The lowest BCUT2D eigenvalue weighted by molar-refractivity contribution is -0.205. The van der Waals surface area contributed by atoms with E-state index in [4.69, 9.17) is 4.74 Å². The van der Waals surface area contributed by atoms with Crippen molar-refractivity contribution in [1.82, 2.24) is 10.3 Å². The topological polar surface area (TPSA) is 144 Å². The van der Waals surface area contributed by atoms with Crippen molar-refractivity contribution in [2.24, 2.45) is 34.0 Å². The Kier molecular flexibility index (Phi) is 10.5. The quantitative estimate of drug-likeness (QED) is 0.241. The number of ketones is 1.